The fraction of sp³-hybridized carbons (Fsp3) is 0.556. The van der Waals surface area contributed by atoms with Crippen molar-refractivity contribution in [1.29, 1.82) is 0 Å². The summed E-state index contributed by atoms with van der Waals surface area (Å²) in [5.41, 5.74) is 1.49. The second kappa shape index (κ2) is 3.02. The minimum absolute atomic E-state index is 0.139. The van der Waals surface area contributed by atoms with Crippen molar-refractivity contribution < 1.29 is 4.74 Å². The normalized spacial score (nSPS) is 20.5. The number of rotatable bonds is 2. The van der Waals surface area contributed by atoms with Crippen molar-refractivity contribution in [3.8, 4) is 0 Å². The lowest BCUT2D eigenvalue weighted by atomic mass is 9.85. The van der Waals surface area contributed by atoms with E-state index in [2.05, 4.69) is 18.4 Å². The number of ether oxygens (including phenoxy) is 1. The van der Waals surface area contributed by atoms with Gasteiger partial charge in [-0.05, 0) is 23.9 Å². The number of alkyl halides is 1. The molecule has 1 saturated heterocycles. The third-order valence-electron chi connectivity index (χ3n) is 2.36. The highest BCUT2D eigenvalue weighted by atomic mass is 35.5. The Morgan fingerprint density at radius 1 is 1.67 bits per heavy atom. The maximum absolute atomic E-state index is 5.95. The molecule has 0 bridgehead atoms. The topological polar surface area (TPSA) is 9.23 Å². The van der Waals surface area contributed by atoms with E-state index in [0.29, 0.717) is 5.88 Å². The zero-order chi connectivity index (χ0) is 8.60. The van der Waals surface area contributed by atoms with Crippen LogP contribution in [-0.2, 0) is 10.2 Å². The van der Waals surface area contributed by atoms with Crippen LogP contribution in [0.15, 0.2) is 11.4 Å². The molecule has 0 radical (unpaired) electrons. The quantitative estimate of drug-likeness (QED) is 0.670. The highest BCUT2D eigenvalue weighted by Gasteiger charge is 2.41. The molecule has 2 rings (SSSR count). The van der Waals surface area contributed by atoms with Gasteiger partial charge in [-0.1, -0.05) is 0 Å². The fourth-order valence-electron chi connectivity index (χ4n) is 1.53. The molecule has 0 spiro atoms. The highest BCUT2D eigenvalue weighted by molar-refractivity contribution is 7.10. The first-order chi connectivity index (χ1) is 5.78. The number of aryl methyl sites for hydroxylation is 1. The molecular weight excluding hydrogens is 192 g/mol. The molecule has 1 aliphatic rings. The molecule has 0 atom stereocenters. The summed E-state index contributed by atoms with van der Waals surface area (Å²) in [6.07, 6.45) is 0. The van der Waals surface area contributed by atoms with Crippen molar-refractivity contribution in [1.82, 2.24) is 0 Å². The van der Waals surface area contributed by atoms with Crippen LogP contribution in [-0.4, -0.2) is 19.1 Å². The molecule has 1 fully saturated rings. The standard InChI is InChI=1S/C9H11ClOS/c1-7-2-3-12-8(7)9(4-10)5-11-6-9/h2-3H,4-6H2,1H3. The maximum atomic E-state index is 5.95. The summed E-state index contributed by atoms with van der Waals surface area (Å²) in [6, 6.07) is 2.15. The lowest BCUT2D eigenvalue weighted by molar-refractivity contribution is -0.0464. The van der Waals surface area contributed by atoms with Crippen molar-refractivity contribution in [2.75, 3.05) is 19.1 Å². The largest absolute Gasteiger partial charge is 0.379 e. The molecule has 66 valence electrons. The van der Waals surface area contributed by atoms with Crippen molar-refractivity contribution in [3.63, 3.8) is 0 Å². The summed E-state index contributed by atoms with van der Waals surface area (Å²) in [4.78, 5) is 1.41. The summed E-state index contributed by atoms with van der Waals surface area (Å²) in [5.74, 6) is 0.675. The summed E-state index contributed by atoms with van der Waals surface area (Å²) >= 11 is 7.74. The van der Waals surface area contributed by atoms with Gasteiger partial charge in [-0.25, -0.2) is 0 Å². The Balaban J connectivity index is 2.33. The van der Waals surface area contributed by atoms with E-state index in [0.717, 1.165) is 13.2 Å². The highest BCUT2D eigenvalue weighted by Crippen LogP contribution is 2.38. The van der Waals surface area contributed by atoms with Crippen LogP contribution < -0.4 is 0 Å². The van der Waals surface area contributed by atoms with Crippen LogP contribution >= 0.6 is 22.9 Å². The molecule has 3 heteroatoms. The van der Waals surface area contributed by atoms with Crippen LogP contribution in [0.5, 0.6) is 0 Å². The van der Waals surface area contributed by atoms with Crippen LogP contribution in [0.3, 0.4) is 0 Å². The molecule has 1 aromatic heterocycles. The smallest absolute Gasteiger partial charge is 0.0651 e. The zero-order valence-electron chi connectivity index (χ0n) is 6.97. The number of thiophene rings is 1. The zero-order valence-corrected chi connectivity index (χ0v) is 8.54. The first-order valence-electron chi connectivity index (χ1n) is 3.97. The summed E-state index contributed by atoms with van der Waals surface area (Å²) in [6.45, 7) is 3.72. The van der Waals surface area contributed by atoms with E-state index in [4.69, 9.17) is 16.3 Å². The van der Waals surface area contributed by atoms with Crippen LogP contribution in [0.4, 0.5) is 0 Å². The summed E-state index contributed by atoms with van der Waals surface area (Å²) in [7, 11) is 0. The van der Waals surface area contributed by atoms with Gasteiger partial charge in [-0.15, -0.1) is 22.9 Å². The van der Waals surface area contributed by atoms with Crippen molar-refractivity contribution >= 4 is 22.9 Å². The molecule has 1 aliphatic heterocycles. The van der Waals surface area contributed by atoms with Crippen molar-refractivity contribution in [2.24, 2.45) is 0 Å². The van der Waals surface area contributed by atoms with E-state index < -0.39 is 0 Å². The van der Waals surface area contributed by atoms with E-state index in [1.807, 2.05) is 0 Å². The Morgan fingerprint density at radius 3 is 2.75 bits per heavy atom. The molecule has 0 saturated carbocycles. The first kappa shape index (κ1) is 8.54. The van der Waals surface area contributed by atoms with Gasteiger partial charge in [0.1, 0.15) is 0 Å². The van der Waals surface area contributed by atoms with Gasteiger partial charge in [0.25, 0.3) is 0 Å². The molecule has 0 unspecified atom stereocenters. The molecular formula is C9H11ClOS. The van der Waals surface area contributed by atoms with Crippen LogP contribution in [0, 0.1) is 6.92 Å². The molecule has 0 amide bonds. The minimum Gasteiger partial charge on any atom is -0.379 e. The molecule has 1 nitrogen and oxygen atoms in total. The predicted octanol–water partition coefficient (Wildman–Crippen LogP) is 2.56. The van der Waals surface area contributed by atoms with E-state index in [-0.39, 0.29) is 5.41 Å². The van der Waals surface area contributed by atoms with Gasteiger partial charge >= 0.3 is 0 Å². The fourth-order valence-corrected chi connectivity index (χ4v) is 3.00. The molecule has 1 aromatic rings. The Kier molecular flexibility index (Phi) is 2.15. The van der Waals surface area contributed by atoms with Gasteiger partial charge < -0.3 is 4.74 Å². The molecule has 0 aromatic carbocycles. The Labute approximate surface area is 81.3 Å². The SMILES string of the molecule is Cc1ccsc1C1(CCl)COC1. The second-order valence-electron chi connectivity index (χ2n) is 3.34. The molecule has 12 heavy (non-hydrogen) atoms. The number of hydrogen-bond acceptors (Lipinski definition) is 2. The number of hydrogen-bond donors (Lipinski definition) is 0. The molecule has 0 N–H and O–H groups in total. The Bertz CT molecular complexity index is 272. The minimum atomic E-state index is 0.139. The Hall–Kier alpha value is -0.0500. The molecule has 2 heterocycles. The second-order valence-corrected chi connectivity index (χ2v) is 4.52. The van der Waals surface area contributed by atoms with Crippen molar-refractivity contribution in [2.45, 2.75) is 12.3 Å². The number of halogens is 1. The maximum Gasteiger partial charge on any atom is 0.0651 e. The lowest BCUT2D eigenvalue weighted by Gasteiger charge is -2.39. The van der Waals surface area contributed by atoms with E-state index in [1.165, 1.54) is 10.4 Å². The Morgan fingerprint density at radius 2 is 2.42 bits per heavy atom. The van der Waals surface area contributed by atoms with Gasteiger partial charge in [-0.2, -0.15) is 0 Å². The molecule has 0 aliphatic carbocycles. The summed E-state index contributed by atoms with van der Waals surface area (Å²) < 4.78 is 5.23. The van der Waals surface area contributed by atoms with Gasteiger partial charge in [0.05, 0.1) is 18.6 Å². The third-order valence-corrected chi connectivity index (χ3v) is 4.13. The monoisotopic (exact) mass is 202 g/mol. The first-order valence-corrected chi connectivity index (χ1v) is 5.38. The predicted molar refractivity (Wildman–Crippen MR) is 52.3 cm³/mol. The van der Waals surface area contributed by atoms with E-state index >= 15 is 0 Å². The van der Waals surface area contributed by atoms with Gasteiger partial charge in [-0.3, -0.25) is 0 Å². The average molecular weight is 203 g/mol. The lowest BCUT2D eigenvalue weighted by Crippen LogP contribution is -2.48. The van der Waals surface area contributed by atoms with Gasteiger partial charge in [0.15, 0.2) is 0 Å². The van der Waals surface area contributed by atoms with E-state index in [1.54, 1.807) is 11.3 Å². The van der Waals surface area contributed by atoms with Crippen molar-refractivity contribution in [3.05, 3.63) is 21.9 Å². The van der Waals surface area contributed by atoms with Gasteiger partial charge in [0, 0.05) is 10.8 Å². The summed E-state index contributed by atoms with van der Waals surface area (Å²) in [5, 5.41) is 2.12. The third kappa shape index (κ3) is 1.10. The van der Waals surface area contributed by atoms with Gasteiger partial charge in [0.2, 0.25) is 0 Å². The van der Waals surface area contributed by atoms with Crippen LogP contribution in [0.25, 0.3) is 0 Å². The van der Waals surface area contributed by atoms with Crippen LogP contribution in [0.1, 0.15) is 10.4 Å². The van der Waals surface area contributed by atoms with E-state index in [9.17, 15) is 0 Å². The van der Waals surface area contributed by atoms with Crippen LogP contribution in [0.2, 0.25) is 0 Å². The average Bonchev–Trinajstić information content (AvgIpc) is 2.36.